The van der Waals surface area contributed by atoms with Crippen molar-refractivity contribution in [3.8, 4) is 5.75 Å². The molecule has 0 spiro atoms. The van der Waals surface area contributed by atoms with Crippen LogP contribution in [0.1, 0.15) is 36.7 Å². The zero-order valence-corrected chi connectivity index (χ0v) is 9.87. The van der Waals surface area contributed by atoms with Gasteiger partial charge in [-0.05, 0) is 23.5 Å². The molecule has 0 saturated carbocycles. The molecule has 4 heteroatoms. The van der Waals surface area contributed by atoms with Crippen molar-refractivity contribution in [2.75, 3.05) is 0 Å². The van der Waals surface area contributed by atoms with Gasteiger partial charge in [-0.15, -0.1) is 0 Å². The van der Waals surface area contributed by atoms with Crippen LogP contribution in [-0.2, 0) is 6.42 Å². The fraction of sp³-hybridized carbons (Fsp3) is 0.417. The highest BCUT2D eigenvalue weighted by Gasteiger charge is 2.19. The van der Waals surface area contributed by atoms with Gasteiger partial charge in [0.2, 0.25) is 0 Å². The lowest BCUT2D eigenvalue weighted by atomic mass is 9.86. The van der Waals surface area contributed by atoms with Crippen molar-refractivity contribution >= 4 is 5.91 Å². The van der Waals surface area contributed by atoms with Gasteiger partial charge in [0.25, 0.3) is 5.91 Å². The highest BCUT2D eigenvalue weighted by Crippen LogP contribution is 2.27. The second-order valence-electron chi connectivity index (χ2n) is 5.02. The predicted octanol–water partition coefficient (Wildman–Crippen LogP) is 1.58. The predicted molar refractivity (Wildman–Crippen MR) is 62.9 cm³/mol. The van der Waals surface area contributed by atoms with E-state index >= 15 is 0 Å². The number of hydrogen-bond acceptors (Lipinski definition) is 3. The maximum atomic E-state index is 11.5. The molecule has 1 aromatic rings. The summed E-state index contributed by atoms with van der Waals surface area (Å²) in [5.74, 6) is 4.60. The molecule has 0 atom stereocenters. The minimum Gasteiger partial charge on any atom is -0.507 e. The van der Waals surface area contributed by atoms with E-state index in [1.54, 1.807) is 6.07 Å². The number of aromatic hydroxyl groups is 1. The van der Waals surface area contributed by atoms with E-state index in [4.69, 9.17) is 5.84 Å². The largest absolute Gasteiger partial charge is 0.507 e. The van der Waals surface area contributed by atoms with E-state index in [1.807, 2.05) is 11.5 Å². The average molecular weight is 222 g/mol. The van der Waals surface area contributed by atoms with Crippen LogP contribution in [0.15, 0.2) is 18.2 Å². The van der Waals surface area contributed by atoms with E-state index < -0.39 is 5.91 Å². The molecule has 1 aromatic carbocycles. The molecule has 0 aliphatic carbocycles. The van der Waals surface area contributed by atoms with Crippen LogP contribution in [-0.4, -0.2) is 11.0 Å². The van der Waals surface area contributed by atoms with Gasteiger partial charge in [0, 0.05) is 0 Å². The second-order valence-corrected chi connectivity index (χ2v) is 5.02. The van der Waals surface area contributed by atoms with Crippen molar-refractivity contribution in [3.05, 3.63) is 29.3 Å². The molecule has 88 valence electrons. The third-order valence-corrected chi connectivity index (χ3v) is 2.21. The lowest BCUT2D eigenvalue weighted by molar-refractivity contribution is 0.0949. The van der Waals surface area contributed by atoms with E-state index in [-0.39, 0.29) is 16.7 Å². The lowest BCUT2D eigenvalue weighted by Crippen LogP contribution is -2.31. The molecule has 0 radical (unpaired) electrons. The first-order chi connectivity index (χ1) is 7.35. The number of carbonyl (C=O) groups is 1. The molecule has 1 amide bonds. The number of phenolic OH excluding ortho intramolecular Hbond substituents is 1. The van der Waals surface area contributed by atoms with Gasteiger partial charge in [0.05, 0.1) is 5.56 Å². The van der Waals surface area contributed by atoms with E-state index in [2.05, 4.69) is 20.8 Å². The summed E-state index contributed by atoms with van der Waals surface area (Å²) in [6.45, 7) is 6.21. The Morgan fingerprint density at radius 1 is 1.44 bits per heavy atom. The number of nitrogens with two attached hydrogens (primary N) is 1. The molecule has 16 heavy (non-hydrogen) atoms. The van der Waals surface area contributed by atoms with Crippen molar-refractivity contribution in [3.63, 3.8) is 0 Å². The Morgan fingerprint density at radius 3 is 2.56 bits per heavy atom. The maximum absolute atomic E-state index is 11.5. The zero-order valence-electron chi connectivity index (χ0n) is 9.87. The normalized spacial score (nSPS) is 11.2. The van der Waals surface area contributed by atoms with E-state index in [0.717, 1.165) is 5.56 Å². The Morgan fingerprint density at radius 2 is 2.06 bits per heavy atom. The molecule has 4 nitrogen and oxygen atoms in total. The van der Waals surface area contributed by atoms with Crippen LogP contribution >= 0.6 is 0 Å². The second kappa shape index (κ2) is 4.53. The quantitative estimate of drug-likeness (QED) is 0.404. The number of nitrogens with one attached hydrogen (secondary N) is 1. The standard InChI is InChI=1S/C12H18N2O2/c1-12(2,3)7-8-5-4-6-9(15)10(8)11(16)14-13/h4-6,15H,7,13H2,1-3H3,(H,14,16). The lowest BCUT2D eigenvalue weighted by Gasteiger charge is -2.20. The van der Waals surface area contributed by atoms with Crippen molar-refractivity contribution in [1.29, 1.82) is 0 Å². The molecule has 4 N–H and O–H groups in total. The van der Waals surface area contributed by atoms with Gasteiger partial charge in [0.15, 0.2) is 0 Å². The fourth-order valence-corrected chi connectivity index (χ4v) is 1.64. The molecule has 0 heterocycles. The average Bonchev–Trinajstić information content (AvgIpc) is 2.14. The van der Waals surface area contributed by atoms with Crippen LogP contribution < -0.4 is 11.3 Å². The SMILES string of the molecule is CC(C)(C)Cc1cccc(O)c1C(=O)NN. The summed E-state index contributed by atoms with van der Waals surface area (Å²) in [7, 11) is 0. The van der Waals surface area contributed by atoms with Crippen LogP contribution in [0.4, 0.5) is 0 Å². The highest BCUT2D eigenvalue weighted by atomic mass is 16.3. The van der Waals surface area contributed by atoms with Crippen LogP contribution in [0, 0.1) is 5.41 Å². The number of nitrogen functional groups attached to an aromatic ring is 1. The summed E-state index contributed by atoms with van der Waals surface area (Å²) in [5, 5.41) is 9.67. The minimum absolute atomic E-state index is 0.0373. The van der Waals surface area contributed by atoms with E-state index in [1.165, 1.54) is 6.07 Å². The fourth-order valence-electron chi connectivity index (χ4n) is 1.64. The van der Waals surface area contributed by atoms with Crippen molar-refractivity contribution in [1.82, 2.24) is 5.43 Å². The van der Waals surface area contributed by atoms with Crippen molar-refractivity contribution in [2.45, 2.75) is 27.2 Å². The monoisotopic (exact) mass is 222 g/mol. The van der Waals surface area contributed by atoms with Gasteiger partial charge in [-0.3, -0.25) is 10.2 Å². The number of hydrazine groups is 1. The van der Waals surface area contributed by atoms with E-state index in [9.17, 15) is 9.90 Å². The number of rotatable bonds is 2. The molecule has 0 aliphatic rings. The van der Waals surface area contributed by atoms with Crippen molar-refractivity contribution < 1.29 is 9.90 Å². The number of carbonyl (C=O) groups excluding carboxylic acids is 1. The third-order valence-electron chi connectivity index (χ3n) is 2.21. The molecular weight excluding hydrogens is 204 g/mol. The Balaban J connectivity index is 3.18. The van der Waals surface area contributed by atoms with Gasteiger partial charge >= 0.3 is 0 Å². The molecule has 0 aromatic heterocycles. The minimum atomic E-state index is -0.461. The summed E-state index contributed by atoms with van der Waals surface area (Å²) in [6, 6.07) is 5.04. The maximum Gasteiger partial charge on any atom is 0.269 e. The Hall–Kier alpha value is -1.55. The summed E-state index contributed by atoms with van der Waals surface area (Å²) >= 11 is 0. The smallest absolute Gasteiger partial charge is 0.269 e. The van der Waals surface area contributed by atoms with Crippen LogP contribution in [0.2, 0.25) is 0 Å². The Bertz CT molecular complexity index is 394. The molecule has 0 saturated heterocycles. The molecule has 0 bridgehead atoms. The Kier molecular flexibility index (Phi) is 3.55. The molecular formula is C12H18N2O2. The molecule has 1 rings (SSSR count). The highest BCUT2D eigenvalue weighted by molar-refractivity contribution is 5.97. The number of benzene rings is 1. The van der Waals surface area contributed by atoms with Gasteiger partial charge in [-0.25, -0.2) is 5.84 Å². The van der Waals surface area contributed by atoms with Crippen molar-refractivity contribution in [2.24, 2.45) is 11.3 Å². The Labute approximate surface area is 95.4 Å². The number of phenols is 1. The summed E-state index contributed by atoms with van der Waals surface area (Å²) in [6.07, 6.45) is 0.699. The van der Waals surface area contributed by atoms with E-state index in [0.29, 0.717) is 6.42 Å². The first-order valence-corrected chi connectivity index (χ1v) is 5.17. The van der Waals surface area contributed by atoms with Crippen LogP contribution in [0.3, 0.4) is 0 Å². The molecule has 0 fully saturated rings. The first-order valence-electron chi connectivity index (χ1n) is 5.17. The summed E-state index contributed by atoms with van der Waals surface area (Å²) in [4.78, 5) is 11.5. The van der Waals surface area contributed by atoms with Gasteiger partial charge in [0.1, 0.15) is 5.75 Å². The van der Waals surface area contributed by atoms with Gasteiger partial charge < -0.3 is 5.11 Å². The zero-order chi connectivity index (χ0) is 12.3. The molecule has 0 aliphatic heterocycles. The summed E-state index contributed by atoms with van der Waals surface area (Å²) in [5.41, 5.74) is 3.15. The number of amides is 1. The van der Waals surface area contributed by atoms with Crippen LogP contribution in [0.25, 0.3) is 0 Å². The van der Waals surface area contributed by atoms with Gasteiger partial charge in [-0.1, -0.05) is 32.9 Å². The first kappa shape index (κ1) is 12.5. The molecule has 0 unspecified atom stereocenters. The third kappa shape index (κ3) is 2.97. The topological polar surface area (TPSA) is 75.3 Å². The van der Waals surface area contributed by atoms with Gasteiger partial charge in [-0.2, -0.15) is 0 Å². The number of hydrogen-bond donors (Lipinski definition) is 3. The summed E-state index contributed by atoms with van der Waals surface area (Å²) < 4.78 is 0. The van der Waals surface area contributed by atoms with Crippen LogP contribution in [0.5, 0.6) is 5.75 Å².